The van der Waals surface area contributed by atoms with E-state index in [1.54, 1.807) is 29.4 Å². The third-order valence-corrected chi connectivity index (χ3v) is 9.63. The van der Waals surface area contributed by atoms with Gasteiger partial charge in [0.25, 0.3) is 0 Å². The normalized spacial score (nSPS) is 16.9. The van der Waals surface area contributed by atoms with Gasteiger partial charge < -0.3 is 0 Å². The molecule has 2 aromatic carbocycles. The summed E-state index contributed by atoms with van der Waals surface area (Å²) in [5, 5.41) is 2.68. The van der Waals surface area contributed by atoms with Crippen LogP contribution in [0.15, 0.2) is 63.6 Å². The quantitative estimate of drug-likeness (QED) is 0.213. The Labute approximate surface area is 209 Å². The number of halogens is 1. The van der Waals surface area contributed by atoms with Gasteiger partial charge >= 0.3 is 0 Å². The number of anilines is 2. The topological polar surface area (TPSA) is 46.1 Å². The van der Waals surface area contributed by atoms with Crippen LogP contribution in [0.4, 0.5) is 11.4 Å². The molecule has 1 aliphatic carbocycles. The van der Waals surface area contributed by atoms with E-state index < -0.39 is 0 Å². The van der Waals surface area contributed by atoms with E-state index in [0.717, 1.165) is 49.2 Å². The molecule has 1 amide bonds. The van der Waals surface area contributed by atoms with Crippen LogP contribution >= 0.6 is 46.5 Å². The molecule has 166 valence electrons. The number of carbonyl (C=O) groups excluding carboxylic acids is 1. The molecule has 1 aliphatic heterocycles. The summed E-state index contributed by atoms with van der Waals surface area (Å²) in [6, 6.07) is 13.7. The molecule has 0 fully saturated rings. The van der Waals surface area contributed by atoms with Gasteiger partial charge in [-0.15, -0.1) is 11.3 Å². The Balaban J connectivity index is 1.33. The molecule has 4 nitrogen and oxygen atoms in total. The number of thioether (sulfide) groups is 1. The molecule has 2 aliphatic rings. The first-order valence-corrected chi connectivity index (χ1v) is 13.9. The maximum atomic E-state index is 13.6. The Morgan fingerprint density at radius 2 is 2.03 bits per heavy atom. The van der Waals surface area contributed by atoms with Gasteiger partial charge in [-0.3, -0.25) is 9.69 Å². The van der Waals surface area contributed by atoms with E-state index >= 15 is 0 Å². The highest BCUT2D eigenvalue weighted by atomic mass is 35.5. The van der Waals surface area contributed by atoms with Crippen molar-refractivity contribution in [3.63, 3.8) is 0 Å². The second-order valence-corrected chi connectivity index (χ2v) is 12.0. The Bertz CT molecular complexity index is 1400. The van der Waals surface area contributed by atoms with Crippen molar-refractivity contribution in [3.8, 4) is 0 Å². The summed E-state index contributed by atoms with van der Waals surface area (Å²) in [7, 11) is 0. The van der Waals surface area contributed by atoms with E-state index in [1.807, 2.05) is 41.3 Å². The minimum absolute atomic E-state index is 0.0146. The number of hydrogen-bond acceptors (Lipinski definition) is 6. The maximum absolute atomic E-state index is 13.6. The summed E-state index contributed by atoms with van der Waals surface area (Å²) in [6.07, 6.45) is 4.99. The summed E-state index contributed by atoms with van der Waals surface area (Å²) in [4.78, 5) is 29.1. The third-order valence-electron chi connectivity index (χ3n) is 6.13. The summed E-state index contributed by atoms with van der Waals surface area (Å²) in [5.41, 5.74) is 3.13. The Hall–Kier alpha value is -2.06. The number of rotatable bonds is 3. The van der Waals surface area contributed by atoms with Gasteiger partial charge in [-0.1, -0.05) is 54.2 Å². The summed E-state index contributed by atoms with van der Waals surface area (Å²) < 4.78 is 0. The molecule has 8 heteroatoms. The average molecular weight is 510 g/mol. The monoisotopic (exact) mass is 509 g/mol. The first kappa shape index (κ1) is 21.5. The number of benzene rings is 2. The van der Waals surface area contributed by atoms with E-state index in [-0.39, 0.29) is 11.7 Å². The first-order chi connectivity index (χ1) is 16.1. The van der Waals surface area contributed by atoms with Gasteiger partial charge in [0.05, 0.1) is 17.1 Å². The molecule has 1 atom stereocenters. The van der Waals surface area contributed by atoms with Gasteiger partial charge in [-0.25, -0.2) is 9.97 Å². The van der Waals surface area contributed by atoms with Crippen molar-refractivity contribution in [1.82, 2.24) is 9.97 Å². The Kier molecular flexibility index (Phi) is 5.61. The van der Waals surface area contributed by atoms with Gasteiger partial charge in [0.15, 0.2) is 0 Å². The van der Waals surface area contributed by atoms with E-state index in [1.165, 1.54) is 28.6 Å². The van der Waals surface area contributed by atoms with Gasteiger partial charge in [-0.05, 0) is 61.1 Å². The van der Waals surface area contributed by atoms with Crippen LogP contribution in [0, 0.1) is 5.92 Å². The highest BCUT2D eigenvalue weighted by molar-refractivity contribution is 8.00. The molecule has 3 heterocycles. The number of aromatic nitrogens is 2. The molecule has 0 radical (unpaired) electrons. The molecular formula is C25H20ClN3OS3. The summed E-state index contributed by atoms with van der Waals surface area (Å²) in [5.74, 6) is 1.01. The van der Waals surface area contributed by atoms with Gasteiger partial charge in [0, 0.05) is 25.1 Å². The number of hydrogen-bond donors (Lipinski definition) is 0. The van der Waals surface area contributed by atoms with Crippen molar-refractivity contribution in [3.05, 3.63) is 64.3 Å². The fourth-order valence-corrected chi connectivity index (χ4v) is 8.04. The van der Waals surface area contributed by atoms with Crippen LogP contribution in [0.2, 0.25) is 5.02 Å². The molecule has 33 heavy (non-hydrogen) atoms. The zero-order valence-electron chi connectivity index (χ0n) is 17.9. The predicted molar refractivity (Wildman–Crippen MR) is 138 cm³/mol. The molecule has 0 spiro atoms. The maximum Gasteiger partial charge on any atom is 0.242 e. The minimum atomic E-state index is 0.0146. The molecule has 0 saturated carbocycles. The summed E-state index contributed by atoms with van der Waals surface area (Å²) in [6.45, 7) is 2.31. The van der Waals surface area contributed by atoms with Crippen molar-refractivity contribution in [2.75, 3.05) is 10.7 Å². The number of amides is 1. The minimum Gasteiger partial charge on any atom is -0.278 e. The summed E-state index contributed by atoms with van der Waals surface area (Å²) >= 11 is 11.3. The number of carbonyl (C=O) groups is 1. The van der Waals surface area contributed by atoms with Crippen LogP contribution in [0.1, 0.15) is 23.8 Å². The van der Waals surface area contributed by atoms with E-state index in [9.17, 15) is 4.79 Å². The lowest BCUT2D eigenvalue weighted by Crippen LogP contribution is -2.30. The van der Waals surface area contributed by atoms with E-state index in [0.29, 0.717) is 10.9 Å². The molecule has 6 rings (SSSR count). The molecule has 0 bridgehead atoms. The van der Waals surface area contributed by atoms with Crippen LogP contribution in [0.3, 0.4) is 0 Å². The van der Waals surface area contributed by atoms with Crippen LogP contribution < -0.4 is 4.90 Å². The smallest absolute Gasteiger partial charge is 0.242 e. The van der Waals surface area contributed by atoms with Crippen LogP contribution in [-0.2, 0) is 17.6 Å². The van der Waals surface area contributed by atoms with Crippen LogP contribution in [-0.4, -0.2) is 21.6 Å². The number of aryl methyl sites for hydroxylation is 1. The zero-order chi connectivity index (χ0) is 22.5. The van der Waals surface area contributed by atoms with Crippen molar-refractivity contribution in [2.45, 2.75) is 41.0 Å². The molecule has 0 saturated heterocycles. The van der Waals surface area contributed by atoms with Crippen molar-refractivity contribution < 1.29 is 4.79 Å². The van der Waals surface area contributed by atoms with E-state index in [2.05, 4.69) is 23.0 Å². The second-order valence-electron chi connectivity index (χ2n) is 8.41. The second kappa shape index (κ2) is 8.62. The fraction of sp³-hybridized carbons (Fsp3) is 0.240. The highest BCUT2D eigenvalue weighted by Crippen LogP contribution is 2.49. The van der Waals surface area contributed by atoms with Gasteiger partial charge in [0.1, 0.15) is 16.2 Å². The van der Waals surface area contributed by atoms with Gasteiger partial charge in [0.2, 0.25) is 5.91 Å². The lowest BCUT2D eigenvalue weighted by atomic mass is 9.89. The fourth-order valence-electron chi connectivity index (χ4n) is 4.55. The van der Waals surface area contributed by atoms with Crippen LogP contribution in [0.25, 0.3) is 10.2 Å². The number of para-hydroxylation sites is 1. The first-order valence-electron chi connectivity index (χ1n) is 10.9. The van der Waals surface area contributed by atoms with Crippen molar-refractivity contribution in [1.29, 1.82) is 0 Å². The Morgan fingerprint density at radius 1 is 1.18 bits per heavy atom. The lowest BCUT2D eigenvalue weighted by Gasteiger charge is -2.31. The SMILES string of the molecule is CC1CCc2c(sc3ncnc(SCC(=O)N4c5ccccc5Sc5ccc(Cl)cc54)c23)C1. The van der Waals surface area contributed by atoms with E-state index in [4.69, 9.17) is 11.6 Å². The average Bonchev–Trinajstić information content (AvgIpc) is 3.19. The molecule has 1 unspecified atom stereocenters. The predicted octanol–water partition coefficient (Wildman–Crippen LogP) is 7.39. The standard InChI is InChI=1S/C25H20ClN3OS3/c1-14-6-8-16-21(10-14)33-25-23(16)24(27-13-28-25)31-12-22(30)29-17-4-2-3-5-19(17)32-20-9-7-15(26)11-18(20)29/h2-5,7,9,11,13-14H,6,8,10,12H2,1H3. The molecule has 0 N–H and O–H groups in total. The molecule has 2 aromatic heterocycles. The number of nitrogens with zero attached hydrogens (tertiary/aromatic N) is 3. The van der Waals surface area contributed by atoms with Gasteiger partial charge in [-0.2, -0.15) is 0 Å². The van der Waals surface area contributed by atoms with Crippen molar-refractivity contribution in [2.24, 2.45) is 5.92 Å². The molecular weight excluding hydrogens is 490 g/mol. The largest absolute Gasteiger partial charge is 0.278 e. The van der Waals surface area contributed by atoms with Crippen molar-refractivity contribution >= 4 is 74.0 Å². The number of fused-ring (bicyclic) bond motifs is 5. The highest BCUT2D eigenvalue weighted by Gasteiger charge is 2.29. The zero-order valence-corrected chi connectivity index (χ0v) is 21.1. The third kappa shape index (κ3) is 3.85. The van der Waals surface area contributed by atoms with Crippen LogP contribution in [0.5, 0.6) is 0 Å². The molecule has 4 aromatic rings. The number of thiophene rings is 1. The lowest BCUT2D eigenvalue weighted by molar-refractivity contribution is -0.115. The Morgan fingerprint density at radius 3 is 2.94 bits per heavy atom.